The Morgan fingerprint density at radius 2 is 1.69 bits per heavy atom. The molecule has 0 aliphatic carbocycles. The third-order valence-electron chi connectivity index (χ3n) is 6.92. The first-order chi connectivity index (χ1) is 20.1. The first kappa shape index (κ1) is 27.6. The number of aromatic nitrogens is 6. The largest absolute Gasteiger partial charge is 0.479 e. The van der Waals surface area contributed by atoms with Crippen LogP contribution in [0.5, 0.6) is 5.88 Å². The van der Waals surface area contributed by atoms with Gasteiger partial charge in [0.2, 0.25) is 15.9 Å². The Labute approximate surface area is 239 Å². The first-order valence-corrected chi connectivity index (χ1v) is 14.3. The van der Waals surface area contributed by atoms with Gasteiger partial charge in [-0.1, -0.05) is 30.3 Å². The molecule has 1 unspecified atom stereocenters. The Morgan fingerprint density at radius 1 is 0.952 bits per heavy atom. The van der Waals surface area contributed by atoms with Gasteiger partial charge in [-0.25, -0.2) is 28.1 Å². The second-order valence-electron chi connectivity index (χ2n) is 9.62. The molecular weight excluding hydrogens is 571 g/mol. The highest BCUT2D eigenvalue weighted by molar-refractivity contribution is 7.89. The topological polar surface area (TPSA) is 108 Å². The first-order valence-electron chi connectivity index (χ1n) is 12.8. The number of pyridine rings is 1. The fourth-order valence-corrected chi connectivity index (χ4v) is 6.48. The zero-order valence-corrected chi connectivity index (χ0v) is 23.2. The number of benzene rings is 2. The molecule has 0 saturated carbocycles. The molecule has 0 saturated heterocycles. The fraction of sp³-hybridized carbons (Fsp3) is 0.214. The molecule has 3 aromatic heterocycles. The van der Waals surface area contributed by atoms with Crippen molar-refractivity contribution < 1.29 is 26.3 Å². The smallest absolute Gasteiger partial charge is 0.416 e. The van der Waals surface area contributed by atoms with Gasteiger partial charge >= 0.3 is 6.18 Å². The van der Waals surface area contributed by atoms with Crippen LogP contribution < -0.4 is 4.74 Å². The molecule has 42 heavy (non-hydrogen) atoms. The fourth-order valence-electron chi connectivity index (χ4n) is 4.89. The summed E-state index contributed by atoms with van der Waals surface area (Å²) >= 11 is 0. The molecule has 0 spiro atoms. The summed E-state index contributed by atoms with van der Waals surface area (Å²) in [6.07, 6.45) is -1.08. The lowest BCUT2D eigenvalue weighted by Gasteiger charge is -2.34. The van der Waals surface area contributed by atoms with E-state index >= 15 is 0 Å². The second kappa shape index (κ2) is 10.4. The Morgan fingerprint density at radius 3 is 2.33 bits per heavy atom. The third kappa shape index (κ3) is 4.92. The van der Waals surface area contributed by atoms with Crippen molar-refractivity contribution in [2.75, 3.05) is 13.7 Å². The van der Waals surface area contributed by atoms with Gasteiger partial charge in [0, 0.05) is 12.7 Å². The molecule has 0 radical (unpaired) electrons. The normalized spacial score (nSPS) is 15.9. The summed E-state index contributed by atoms with van der Waals surface area (Å²) in [6.45, 7) is 2.06. The zero-order chi connectivity index (χ0) is 29.6. The molecule has 5 aromatic rings. The summed E-state index contributed by atoms with van der Waals surface area (Å²) < 4.78 is 77.7. The second-order valence-corrected chi connectivity index (χ2v) is 11.5. The molecule has 10 nitrogen and oxygen atoms in total. The van der Waals surface area contributed by atoms with Gasteiger partial charge in [0.25, 0.3) is 0 Å². The number of halogens is 3. The van der Waals surface area contributed by atoms with E-state index in [0.29, 0.717) is 22.8 Å². The van der Waals surface area contributed by atoms with Crippen LogP contribution in [0.1, 0.15) is 28.7 Å². The molecule has 0 fully saturated rings. The molecule has 1 aliphatic rings. The Hall–Kier alpha value is -4.56. The lowest BCUT2D eigenvalue weighted by Crippen LogP contribution is -2.43. The van der Waals surface area contributed by atoms with Gasteiger partial charge < -0.3 is 9.30 Å². The Bertz CT molecular complexity index is 1850. The van der Waals surface area contributed by atoms with Crippen LogP contribution in [0.3, 0.4) is 0 Å². The van der Waals surface area contributed by atoms with E-state index in [-0.39, 0.29) is 29.6 Å². The number of rotatable bonds is 6. The summed E-state index contributed by atoms with van der Waals surface area (Å²) in [7, 11) is -2.57. The maximum atomic E-state index is 13.8. The number of fused-ring (bicyclic) bond motifs is 1. The van der Waals surface area contributed by atoms with E-state index in [1.165, 1.54) is 35.7 Å². The summed E-state index contributed by atoms with van der Waals surface area (Å²) in [5.41, 5.74) is 1.31. The van der Waals surface area contributed by atoms with Crippen molar-refractivity contribution in [3.05, 3.63) is 102 Å². The van der Waals surface area contributed by atoms with Crippen molar-refractivity contribution in [2.45, 2.75) is 30.6 Å². The van der Waals surface area contributed by atoms with Crippen LogP contribution in [0.25, 0.3) is 17.2 Å². The SMILES string of the molecule is COc1nc(-c2nc3n(n2)CCN(S(=O)(=O)c2ccccc2)C3c2ccc(C(F)(F)F)cc2)ccc1-n1cnc(C)c1. The van der Waals surface area contributed by atoms with Gasteiger partial charge in [0.15, 0.2) is 11.6 Å². The minimum Gasteiger partial charge on any atom is -0.479 e. The zero-order valence-electron chi connectivity index (χ0n) is 22.4. The van der Waals surface area contributed by atoms with Gasteiger partial charge in [-0.15, -0.1) is 5.10 Å². The number of methoxy groups -OCH3 is 1. The lowest BCUT2D eigenvalue weighted by atomic mass is 10.0. The number of hydrogen-bond acceptors (Lipinski definition) is 7. The summed E-state index contributed by atoms with van der Waals surface area (Å²) in [5.74, 6) is 0.767. The molecular formula is C28H24F3N7O3S. The minimum absolute atomic E-state index is 0.0222. The molecule has 2 aromatic carbocycles. The van der Waals surface area contributed by atoms with E-state index in [2.05, 4.69) is 20.1 Å². The average Bonchev–Trinajstić information content (AvgIpc) is 3.62. The number of alkyl halides is 3. The number of imidazole rings is 1. The van der Waals surface area contributed by atoms with E-state index < -0.39 is 27.8 Å². The van der Waals surface area contributed by atoms with E-state index in [0.717, 1.165) is 17.8 Å². The van der Waals surface area contributed by atoms with E-state index in [9.17, 15) is 21.6 Å². The van der Waals surface area contributed by atoms with E-state index in [1.54, 1.807) is 45.9 Å². The Balaban J connectivity index is 1.45. The summed E-state index contributed by atoms with van der Waals surface area (Å²) in [5, 5.41) is 4.59. The Kier molecular flexibility index (Phi) is 6.81. The van der Waals surface area contributed by atoms with Crippen molar-refractivity contribution in [3.8, 4) is 23.1 Å². The molecule has 216 valence electrons. The highest BCUT2D eigenvalue weighted by atomic mass is 32.2. The van der Waals surface area contributed by atoms with Crippen LogP contribution in [0, 0.1) is 6.92 Å². The number of sulfonamides is 1. The standard InChI is InChI=1S/C28H24F3N7O3S/c1-18-16-36(17-32-18)23-13-12-22(33-27(23)41-2)25-34-26-24(19-8-10-20(11-9-19)28(29,30)31)38(15-14-37(26)35-25)42(39,40)21-6-4-3-5-7-21/h3-13,16-17,24H,14-15H2,1-2H3. The van der Waals surface area contributed by atoms with Crippen LogP contribution in [0.15, 0.2) is 84.1 Å². The maximum absolute atomic E-state index is 13.8. The maximum Gasteiger partial charge on any atom is 0.416 e. The molecule has 0 amide bonds. The van der Waals surface area contributed by atoms with Gasteiger partial charge in [0.1, 0.15) is 17.4 Å². The summed E-state index contributed by atoms with van der Waals surface area (Å²) in [4.78, 5) is 13.5. The molecule has 1 aliphatic heterocycles. The van der Waals surface area contributed by atoms with E-state index in [1.807, 2.05) is 13.1 Å². The number of ether oxygens (including phenoxy) is 1. The molecule has 14 heteroatoms. The van der Waals surface area contributed by atoms with Crippen LogP contribution in [-0.2, 0) is 22.7 Å². The lowest BCUT2D eigenvalue weighted by molar-refractivity contribution is -0.137. The highest BCUT2D eigenvalue weighted by Crippen LogP contribution is 2.38. The van der Waals surface area contributed by atoms with Crippen molar-refractivity contribution >= 4 is 10.0 Å². The summed E-state index contributed by atoms with van der Waals surface area (Å²) in [6, 6.07) is 14.7. The molecule has 4 heterocycles. The molecule has 0 bridgehead atoms. The van der Waals surface area contributed by atoms with Crippen molar-refractivity contribution in [3.63, 3.8) is 0 Å². The van der Waals surface area contributed by atoms with Crippen LogP contribution >= 0.6 is 0 Å². The highest BCUT2D eigenvalue weighted by Gasteiger charge is 2.40. The predicted molar refractivity (Wildman–Crippen MR) is 145 cm³/mol. The molecule has 6 rings (SSSR count). The predicted octanol–water partition coefficient (Wildman–Crippen LogP) is 4.66. The molecule has 1 atom stereocenters. The van der Waals surface area contributed by atoms with Crippen LogP contribution in [0.2, 0.25) is 0 Å². The van der Waals surface area contributed by atoms with E-state index in [4.69, 9.17) is 4.74 Å². The van der Waals surface area contributed by atoms with Crippen molar-refractivity contribution in [1.29, 1.82) is 0 Å². The van der Waals surface area contributed by atoms with Gasteiger partial charge in [-0.3, -0.25) is 0 Å². The van der Waals surface area contributed by atoms with Gasteiger partial charge in [-0.05, 0) is 48.9 Å². The quantitative estimate of drug-likeness (QED) is 0.281. The molecule has 0 N–H and O–H groups in total. The van der Waals surface area contributed by atoms with Crippen molar-refractivity contribution in [2.24, 2.45) is 0 Å². The third-order valence-corrected chi connectivity index (χ3v) is 8.80. The van der Waals surface area contributed by atoms with Gasteiger partial charge in [-0.2, -0.15) is 17.5 Å². The van der Waals surface area contributed by atoms with Crippen molar-refractivity contribution in [1.82, 2.24) is 33.6 Å². The number of hydrogen-bond donors (Lipinski definition) is 0. The van der Waals surface area contributed by atoms with Crippen LogP contribution in [0.4, 0.5) is 13.2 Å². The average molecular weight is 596 g/mol. The monoisotopic (exact) mass is 595 g/mol. The number of aryl methyl sites for hydroxylation is 1. The van der Waals surface area contributed by atoms with Crippen LogP contribution in [-0.4, -0.2) is 55.7 Å². The number of nitrogens with zero attached hydrogens (tertiary/aromatic N) is 7. The van der Waals surface area contributed by atoms with Gasteiger partial charge in [0.05, 0.1) is 36.1 Å². The minimum atomic E-state index is -4.54.